The van der Waals surface area contributed by atoms with Crippen molar-refractivity contribution >= 4 is 29.0 Å². The molecule has 0 aliphatic heterocycles. The number of aryl methyl sites for hydroxylation is 1. The predicted molar refractivity (Wildman–Crippen MR) is 143 cm³/mol. The number of amides is 2. The third-order valence-corrected chi connectivity index (χ3v) is 6.16. The zero-order valence-corrected chi connectivity index (χ0v) is 22.4. The van der Waals surface area contributed by atoms with Crippen molar-refractivity contribution in [3.05, 3.63) is 59.8 Å². The number of nitrogens with two attached hydrogens (primary N) is 1. The minimum absolute atomic E-state index is 0.0104. The van der Waals surface area contributed by atoms with E-state index in [-0.39, 0.29) is 55.0 Å². The number of carbonyl (C=O) groups excluding carboxylic acids is 2. The van der Waals surface area contributed by atoms with E-state index in [1.165, 1.54) is 23.0 Å². The van der Waals surface area contributed by atoms with Crippen LogP contribution in [0.15, 0.2) is 43.0 Å². The average Bonchev–Trinajstić information content (AvgIpc) is 3.55. The second-order valence-corrected chi connectivity index (χ2v) is 9.11. The van der Waals surface area contributed by atoms with E-state index in [9.17, 15) is 31.5 Å². The van der Waals surface area contributed by atoms with Crippen molar-refractivity contribution in [1.82, 2.24) is 34.8 Å². The van der Waals surface area contributed by atoms with Gasteiger partial charge in [-0.15, -0.1) is 0 Å². The Morgan fingerprint density at radius 1 is 1.12 bits per heavy atom. The molecule has 11 nitrogen and oxygen atoms in total. The SMILES string of the molecule is CCc1cc(Nc2nccn3c(-c4cn(CC(F)F)nc4C(F)(F)F)cnc23)ccc1C(=O)NCCNC(=O)CCN. The minimum atomic E-state index is -4.88. The molecule has 0 fully saturated rings. The van der Waals surface area contributed by atoms with Crippen molar-refractivity contribution in [2.75, 3.05) is 25.0 Å². The van der Waals surface area contributed by atoms with Gasteiger partial charge in [-0.2, -0.15) is 18.3 Å². The number of benzene rings is 1. The second kappa shape index (κ2) is 12.9. The summed E-state index contributed by atoms with van der Waals surface area (Å²) in [7, 11) is 0. The van der Waals surface area contributed by atoms with Gasteiger partial charge >= 0.3 is 6.18 Å². The summed E-state index contributed by atoms with van der Waals surface area (Å²) in [5.41, 5.74) is 5.47. The molecule has 0 saturated heterocycles. The molecule has 3 aromatic heterocycles. The minimum Gasteiger partial charge on any atom is -0.354 e. The number of alkyl halides is 5. The monoisotopic (exact) mass is 593 g/mol. The van der Waals surface area contributed by atoms with Crippen LogP contribution in [0.1, 0.15) is 35.0 Å². The van der Waals surface area contributed by atoms with Crippen molar-refractivity contribution in [2.45, 2.75) is 38.9 Å². The lowest BCUT2D eigenvalue weighted by molar-refractivity contribution is -0.141. The summed E-state index contributed by atoms with van der Waals surface area (Å²) in [6, 6.07) is 5.00. The lowest BCUT2D eigenvalue weighted by Crippen LogP contribution is -2.35. The van der Waals surface area contributed by atoms with Gasteiger partial charge in [0.15, 0.2) is 17.2 Å². The smallest absolute Gasteiger partial charge is 0.354 e. The summed E-state index contributed by atoms with van der Waals surface area (Å²) in [5, 5.41) is 11.8. The molecule has 4 aromatic rings. The van der Waals surface area contributed by atoms with E-state index in [4.69, 9.17) is 5.73 Å². The maximum absolute atomic E-state index is 13.7. The van der Waals surface area contributed by atoms with Gasteiger partial charge in [0.05, 0.1) is 17.5 Å². The molecule has 1 aromatic carbocycles. The number of carbonyl (C=O) groups is 2. The standard InChI is InChI=1S/C26H28F5N9O2/c1-2-15-11-16(3-4-17(15)25(42)35-8-7-33-21(41)5-6-32)37-23-24-36-12-19(40(24)10-9-34-23)18-13-39(14-20(27)28)38-22(18)26(29,30)31/h3-4,9-13,20H,2,5-8,14,32H2,1H3,(H,33,41)(H,34,37)(H,35,42). The number of hydrogen-bond donors (Lipinski definition) is 4. The molecule has 0 bridgehead atoms. The molecule has 0 saturated carbocycles. The quantitative estimate of drug-likeness (QED) is 0.146. The van der Waals surface area contributed by atoms with Gasteiger partial charge in [0.1, 0.15) is 6.54 Å². The molecule has 0 aliphatic rings. The largest absolute Gasteiger partial charge is 0.435 e. The van der Waals surface area contributed by atoms with Gasteiger partial charge in [-0.25, -0.2) is 18.7 Å². The van der Waals surface area contributed by atoms with E-state index in [1.807, 2.05) is 6.92 Å². The molecule has 16 heteroatoms. The molecule has 0 unspecified atom stereocenters. The first-order valence-electron chi connectivity index (χ1n) is 12.9. The number of anilines is 2. The highest BCUT2D eigenvalue weighted by atomic mass is 19.4. The van der Waals surface area contributed by atoms with Crippen LogP contribution in [0.3, 0.4) is 0 Å². The fourth-order valence-corrected chi connectivity index (χ4v) is 4.27. The molecular formula is C26H28F5N9O2. The molecule has 3 heterocycles. The van der Waals surface area contributed by atoms with Gasteiger partial charge in [0, 0.05) is 55.9 Å². The molecule has 5 N–H and O–H groups in total. The molecule has 4 rings (SSSR count). The lowest BCUT2D eigenvalue weighted by atomic mass is 10.0. The van der Waals surface area contributed by atoms with Crippen molar-refractivity contribution < 1.29 is 31.5 Å². The second-order valence-electron chi connectivity index (χ2n) is 9.11. The first kappa shape index (κ1) is 30.4. The van der Waals surface area contributed by atoms with Gasteiger partial charge in [-0.05, 0) is 30.2 Å². The lowest BCUT2D eigenvalue weighted by Gasteiger charge is -2.13. The number of nitrogens with zero attached hydrogens (tertiary/aromatic N) is 5. The van der Waals surface area contributed by atoms with Gasteiger partial charge in [0.25, 0.3) is 12.3 Å². The summed E-state index contributed by atoms with van der Waals surface area (Å²) >= 11 is 0. The Labute approximate surface area is 236 Å². The Balaban J connectivity index is 1.56. The third-order valence-electron chi connectivity index (χ3n) is 6.16. The highest BCUT2D eigenvalue weighted by Crippen LogP contribution is 2.37. The molecule has 0 radical (unpaired) electrons. The number of aromatic nitrogens is 5. The van der Waals surface area contributed by atoms with Gasteiger partial charge in [-0.1, -0.05) is 6.92 Å². The normalized spacial score (nSPS) is 11.7. The van der Waals surface area contributed by atoms with E-state index in [2.05, 4.69) is 31.0 Å². The molecule has 224 valence electrons. The zero-order chi connectivity index (χ0) is 30.4. The Morgan fingerprint density at radius 3 is 2.57 bits per heavy atom. The van der Waals surface area contributed by atoms with E-state index in [1.54, 1.807) is 18.2 Å². The third kappa shape index (κ3) is 6.99. The Bertz CT molecular complexity index is 1570. The zero-order valence-electron chi connectivity index (χ0n) is 22.4. The van der Waals surface area contributed by atoms with E-state index in [0.717, 1.165) is 6.20 Å². The Morgan fingerprint density at radius 2 is 1.88 bits per heavy atom. The summed E-state index contributed by atoms with van der Waals surface area (Å²) in [5.74, 6) is -0.311. The van der Waals surface area contributed by atoms with Crippen LogP contribution in [0.4, 0.5) is 33.5 Å². The van der Waals surface area contributed by atoms with Crippen LogP contribution in [0.25, 0.3) is 16.9 Å². The molecular weight excluding hydrogens is 565 g/mol. The van der Waals surface area contributed by atoms with Crippen LogP contribution in [0.5, 0.6) is 0 Å². The fraction of sp³-hybridized carbons (Fsp3) is 0.346. The van der Waals surface area contributed by atoms with Crippen LogP contribution in [0.2, 0.25) is 0 Å². The van der Waals surface area contributed by atoms with Gasteiger partial charge in [0.2, 0.25) is 5.91 Å². The predicted octanol–water partition coefficient (Wildman–Crippen LogP) is 3.38. The first-order valence-corrected chi connectivity index (χ1v) is 12.9. The fourth-order valence-electron chi connectivity index (χ4n) is 4.27. The van der Waals surface area contributed by atoms with Crippen molar-refractivity contribution in [3.8, 4) is 11.3 Å². The molecule has 42 heavy (non-hydrogen) atoms. The number of halogens is 5. The number of rotatable bonds is 12. The summed E-state index contributed by atoms with van der Waals surface area (Å²) in [6.07, 6.45) is -2.21. The van der Waals surface area contributed by atoms with Crippen LogP contribution in [0, 0.1) is 0 Å². The number of nitrogens with one attached hydrogen (secondary N) is 3. The maximum Gasteiger partial charge on any atom is 0.435 e. The van der Waals surface area contributed by atoms with Crippen molar-refractivity contribution in [3.63, 3.8) is 0 Å². The summed E-state index contributed by atoms with van der Waals surface area (Å²) < 4.78 is 68.7. The van der Waals surface area contributed by atoms with E-state index in [0.29, 0.717) is 27.9 Å². The molecule has 2 amide bonds. The highest BCUT2D eigenvalue weighted by molar-refractivity contribution is 5.96. The van der Waals surface area contributed by atoms with Gasteiger partial charge in [-0.3, -0.25) is 18.7 Å². The number of fused-ring (bicyclic) bond motifs is 1. The van der Waals surface area contributed by atoms with Crippen LogP contribution >= 0.6 is 0 Å². The van der Waals surface area contributed by atoms with Gasteiger partial charge < -0.3 is 21.7 Å². The van der Waals surface area contributed by atoms with Crippen LogP contribution < -0.4 is 21.7 Å². The van der Waals surface area contributed by atoms with E-state index >= 15 is 0 Å². The molecule has 0 atom stereocenters. The highest BCUT2D eigenvalue weighted by Gasteiger charge is 2.38. The number of imidazole rings is 1. The Hall–Kier alpha value is -4.60. The van der Waals surface area contributed by atoms with E-state index < -0.39 is 30.4 Å². The first-order chi connectivity index (χ1) is 20.0. The van der Waals surface area contributed by atoms with Crippen LogP contribution in [-0.4, -0.2) is 62.0 Å². The topological polar surface area (TPSA) is 144 Å². The maximum atomic E-state index is 13.7. The molecule has 0 spiro atoms. The van der Waals surface area contributed by atoms with Crippen molar-refractivity contribution in [1.29, 1.82) is 0 Å². The average molecular weight is 594 g/mol. The summed E-state index contributed by atoms with van der Waals surface area (Å²) in [6.45, 7) is 1.59. The van der Waals surface area contributed by atoms with Crippen LogP contribution in [-0.2, 0) is 23.9 Å². The Kier molecular flexibility index (Phi) is 9.35. The number of hydrogen-bond acceptors (Lipinski definition) is 7. The van der Waals surface area contributed by atoms with Crippen molar-refractivity contribution in [2.24, 2.45) is 5.73 Å². The summed E-state index contributed by atoms with van der Waals surface area (Å²) in [4.78, 5) is 32.7. The molecule has 0 aliphatic carbocycles.